The lowest BCUT2D eigenvalue weighted by atomic mass is 10.1. The Morgan fingerprint density at radius 2 is 2.05 bits per heavy atom. The molecule has 0 spiro atoms. The molecule has 2 atom stereocenters. The van der Waals surface area contributed by atoms with Crippen molar-refractivity contribution < 1.29 is 9.26 Å². The van der Waals surface area contributed by atoms with E-state index in [0.29, 0.717) is 11.9 Å². The lowest BCUT2D eigenvalue weighted by Crippen LogP contribution is -2.49. The average Bonchev–Trinajstić information content (AvgIpc) is 2.95. The second kappa shape index (κ2) is 6.85. The summed E-state index contributed by atoms with van der Waals surface area (Å²) in [5.41, 5.74) is 0. The van der Waals surface area contributed by atoms with E-state index in [-0.39, 0.29) is 6.04 Å². The highest BCUT2D eigenvalue weighted by molar-refractivity contribution is 4.92. The maximum atomic E-state index is 5.84. The van der Waals surface area contributed by atoms with Gasteiger partial charge in [-0.25, -0.2) is 0 Å². The molecule has 21 heavy (non-hydrogen) atoms. The van der Waals surface area contributed by atoms with Crippen LogP contribution in [0.15, 0.2) is 4.52 Å². The lowest BCUT2D eigenvalue weighted by molar-refractivity contribution is -0.0175. The standard InChI is InChI=1S/C15H26N4O2/c1-12(15-16-13(2)17-21-15)19-8-6-18(7-9-19)11-14-5-3-4-10-20-14/h12,14H,3-11H2,1-2H3/t12-,14+/m0/s1. The van der Waals surface area contributed by atoms with E-state index in [0.717, 1.165) is 45.2 Å². The van der Waals surface area contributed by atoms with E-state index in [1.807, 2.05) is 6.92 Å². The molecule has 1 aromatic rings. The van der Waals surface area contributed by atoms with Crippen LogP contribution in [0.3, 0.4) is 0 Å². The Hall–Kier alpha value is -0.980. The van der Waals surface area contributed by atoms with Crippen LogP contribution < -0.4 is 0 Å². The maximum Gasteiger partial charge on any atom is 0.243 e. The molecule has 6 nitrogen and oxygen atoms in total. The third-order valence-electron chi connectivity index (χ3n) is 4.59. The summed E-state index contributed by atoms with van der Waals surface area (Å²) in [5.74, 6) is 1.45. The van der Waals surface area contributed by atoms with Crippen molar-refractivity contribution in [2.24, 2.45) is 0 Å². The van der Waals surface area contributed by atoms with Gasteiger partial charge in [0.15, 0.2) is 5.82 Å². The van der Waals surface area contributed by atoms with Gasteiger partial charge in [-0.05, 0) is 33.1 Å². The van der Waals surface area contributed by atoms with Gasteiger partial charge in [0.05, 0.1) is 12.1 Å². The first-order chi connectivity index (χ1) is 10.2. The topological polar surface area (TPSA) is 54.6 Å². The van der Waals surface area contributed by atoms with Crippen LogP contribution in [0.1, 0.15) is 43.9 Å². The first kappa shape index (κ1) is 14.9. The Balaban J connectivity index is 1.46. The molecule has 3 heterocycles. The summed E-state index contributed by atoms with van der Waals surface area (Å²) in [6, 6.07) is 0.208. The number of ether oxygens (including phenoxy) is 1. The van der Waals surface area contributed by atoms with Crippen LogP contribution in [-0.4, -0.2) is 65.4 Å². The van der Waals surface area contributed by atoms with Gasteiger partial charge in [-0.3, -0.25) is 9.80 Å². The second-order valence-corrected chi connectivity index (χ2v) is 6.18. The van der Waals surface area contributed by atoms with E-state index < -0.39 is 0 Å². The van der Waals surface area contributed by atoms with Crippen LogP contribution in [0, 0.1) is 6.92 Å². The Kier molecular flexibility index (Phi) is 4.87. The molecule has 2 aliphatic rings. The smallest absolute Gasteiger partial charge is 0.243 e. The average molecular weight is 294 g/mol. The predicted octanol–water partition coefficient (Wildman–Crippen LogP) is 1.63. The minimum atomic E-state index is 0.208. The fraction of sp³-hybridized carbons (Fsp3) is 0.867. The highest BCUT2D eigenvalue weighted by atomic mass is 16.5. The Bertz CT molecular complexity index is 437. The van der Waals surface area contributed by atoms with Gasteiger partial charge < -0.3 is 9.26 Å². The number of rotatable bonds is 4. The Labute approximate surface area is 126 Å². The second-order valence-electron chi connectivity index (χ2n) is 6.18. The van der Waals surface area contributed by atoms with Gasteiger partial charge in [-0.2, -0.15) is 4.98 Å². The molecule has 6 heteroatoms. The summed E-state index contributed by atoms with van der Waals surface area (Å²) in [5, 5.41) is 3.89. The van der Waals surface area contributed by atoms with E-state index in [4.69, 9.17) is 9.26 Å². The molecular weight excluding hydrogens is 268 g/mol. The monoisotopic (exact) mass is 294 g/mol. The van der Waals surface area contributed by atoms with E-state index in [9.17, 15) is 0 Å². The quantitative estimate of drug-likeness (QED) is 0.841. The molecule has 0 aliphatic carbocycles. The van der Waals surface area contributed by atoms with Crippen LogP contribution in [0.5, 0.6) is 0 Å². The van der Waals surface area contributed by atoms with E-state index >= 15 is 0 Å². The minimum absolute atomic E-state index is 0.208. The number of hydrogen-bond acceptors (Lipinski definition) is 6. The molecule has 0 N–H and O–H groups in total. The van der Waals surface area contributed by atoms with Crippen LogP contribution >= 0.6 is 0 Å². The summed E-state index contributed by atoms with van der Waals surface area (Å²) in [4.78, 5) is 9.29. The molecule has 0 unspecified atom stereocenters. The zero-order valence-electron chi connectivity index (χ0n) is 13.1. The maximum absolute atomic E-state index is 5.84. The molecule has 118 valence electrons. The Morgan fingerprint density at radius 3 is 2.67 bits per heavy atom. The van der Waals surface area contributed by atoms with Crippen molar-refractivity contribution in [1.29, 1.82) is 0 Å². The van der Waals surface area contributed by atoms with Crippen molar-refractivity contribution in [2.75, 3.05) is 39.3 Å². The zero-order valence-corrected chi connectivity index (χ0v) is 13.1. The molecule has 0 amide bonds. The zero-order chi connectivity index (χ0) is 14.7. The van der Waals surface area contributed by atoms with Gasteiger partial charge in [-0.1, -0.05) is 5.16 Å². The number of nitrogens with zero attached hydrogens (tertiary/aromatic N) is 4. The van der Waals surface area contributed by atoms with Crippen LogP contribution in [0.25, 0.3) is 0 Å². The number of aryl methyl sites for hydroxylation is 1. The molecule has 2 aliphatic heterocycles. The van der Waals surface area contributed by atoms with Gasteiger partial charge in [0.25, 0.3) is 0 Å². The molecular formula is C15H26N4O2. The fourth-order valence-electron chi connectivity index (χ4n) is 3.21. The summed E-state index contributed by atoms with van der Waals surface area (Å²) in [6.45, 7) is 10.3. The summed E-state index contributed by atoms with van der Waals surface area (Å²) < 4.78 is 11.1. The van der Waals surface area contributed by atoms with E-state index in [1.165, 1.54) is 19.3 Å². The minimum Gasteiger partial charge on any atom is -0.377 e. The molecule has 0 aromatic carbocycles. The molecule has 2 saturated heterocycles. The summed E-state index contributed by atoms with van der Waals surface area (Å²) in [7, 11) is 0. The molecule has 0 bridgehead atoms. The van der Waals surface area contributed by atoms with Gasteiger partial charge in [0.2, 0.25) is 5.89 Å². The van der Waals surface area contributed by atoms with Crippen molar-refractivity contribution in [3.63, 3.8) is 0 Å². The van der Waals surface area contributed by atoms with Crippen molar-refractivity contribution >= 4 is 0 Å². The van der Waals surface area contributed by atoms with E-state index in [2.05, 4.69) is 26.9 Å². The fourth-order valence-corrected chi connectivity index (χ4v) is 3.21. The summed E-state index contributed by atoms with van der Waals surface area (Å²) >= 11 is 0. The first-order valence-electron chi connectivity index (χ1n) is 8.10. The van der Waals surface area contributed by atoms with Crippen molar-refractivity contribution in [2.45, 2.75) is 45.3 Å². The van der Waals surface area contributed by atoms with Crippen LogP contribution in [0.2, 0.25) is 0 Å². The largest absolute Gasteiger partial charge is 0.377 e. The van der Waals surface area contributed by atoms with Crippen LogP contribution in [0.4, 0.5) is 0 Å². The number of hydrogen-bond donors (Lipinski definition) is 0. The van der Waals surface area contributed by atoms with Gasteiger partial charge in [-0.15, -0.1) is 0 Å². The van der Waals surface area contributed by atoms with Crippen molar-refractivity contribution in [3.8, 4) is 0 Å². The lowest BCUT2D eigenvalue weighted by Gasteiger charge is -2.38. The number of piperazine rings is 1. The predicted molar refractivity (Wildman–Crippen MR) is 79.1 cm³/mol. The molecule has 0 saturated carbocycles. The normalized spacial score (nSPS) is 26.9. The highest BCUT2D eigenvalue weighted by Crippen LogP contribution is 2.21. The number of aromatic nitrogens is 2. The van der Waals surface area contributed by atoms with Crippen molar-refractivity contribution in [3.05, 3.63) is 11.7 Å². The van der Waals surface area contributed by atoms with Gasteiger partial charge >= 0.3 is 0 Å². The van der Waals surface area contributed by atoms with Gasteiger partial charge in [0, 0.05) is 39.3 Å². The highest BCUT2D eigenvalue weighted by Gasteiger charge is 2.27. The first-order valence-corrected chi connectivity index (χ1v) is 8.10. The molecule has 1 aromatic heterocycles. The third kappa shape index (κ3) is 3.81. The van der Waals surface area contributed by atoms with Crippen LogP contribution in [-0.2, 0) is 4.74 Å². The van der Waals surface area contributed by atoms with Crippen molar-refractivity contribution in [1.82, 2.24) is 19.9 Å². The Morgan fingerprint density at radius 1 is 1.24 bits per heavy atom. The molecule has 3 rings (SSSR count). The molecule has 2 fully saturated rings. The van der Waals surface area contributed by atoms with E-state index in [1.54, 1.807) is 0 Å². The third-order valence-corrected chi connectivity index (χ3v) is 4.59. The van der Waals surface area contributed by atoms with Gasteiger partial charge in [0.1, 0.15) is 0 Å². The molecule has 0 radical (unpaired) electrons. The summed E-state index contributed by atoms with van der Waals surface area (Å²) in [6.07, 6.45) is 4.21. The SMILES string of the molecule is Cc1noc([C@H](C)N2CCN(C[C@H]3CCCCO3)CC2)n1.